The maximum Gasteiger partial charge on any atom is 0.211 e. The topological polar surface area (TPSA) is 70.2 Å². The number of nitrogens with zero attached hydrogens (tertiary/aromatic N) is 4. The van der Waals surface area contributed by atoms with Crippen molar-refractivity contribution in [2.75, 3.05) is 21.3 Å². The molecule has 0 atom stereocenters. The Kier molecular flexibility index (Phi) is 6.90. The normalized spacial score (nSPS) is 16.7. The Bertz CT molecular complexity index is 1130. The summed E-state index contributed by atoms with van der Waals surface area (Å²) in [5, 5.41) is 7.12. The predicted octanol–water partition coefficient (Wildman–Crippen LogP) is 5.28. The lowest BCUT2D eigenvalue weighted by Gasteiger charge is -2.19. The van der Waals surface area contributed by atoms with Crippen LogP contribution in [0.25, 0.3) is 11.3 Å². The van der Waals surface area contributed by atoms with Crippen molar-refractivity contribution in [3.63, 3.8) is 0 Å². The minimum atomic E-state index is 0.563. The van der Waals surface area contributed by atoms with Gasteiger partial charge in [0, 0.05) is 22.9 Å². The van der Waals surface area contributed by atoms with Gasteiger partial charge in [0.15, 0.2) is 11.5 Å². The van der Waals surface area contributed by atoms with Crippen LogP contribution in [0.5, 0.6) is 17.2 Å². The number of rotatable bonds is 6. The van der Waals surface area contributed by atoms with Crippen molar-refractivity contribution in [3.8, 4) is 28.5 Å². The minimum absolute atomic E-state index is 0.563. The molecule has 0 bridgehead atoms. The molecule has 0 radical (unpaired) electrons. The summed E-state index contributed by atoms with van der Waals surface area (Å²) >= 11 is 1.54. The van der Waals surface area contributed by atoms with Crippen molar-refractivity contribution in [1.82, 2.24) is 9.66 Å². The quantitative estimate of drug-likeness (QED) is 0.510. The van der Waals surface area contributed by atoms with E-state index in [0.717, 1.165) is 53.3 Å². The van der Waals surface area contributed by atoms with Crippen LogP contribution in [0.4, 0.5) is 5.69 Å². The molecule has 1 aromatic carbocycles. The highest BCUT2D eigenvalue weighted by atomic mass is 32.1. The molecule has 8 heteroatoms. The second-order valence-electron chi connectivity index (χ2n) is 7.80. The summed E-state index contributed by atoms with van der Waals surface area (Å²) in [4.78, 5) is 9.78. The third-order valence-corrected chi connectivity index (χ3v) is 6.43. The molecule has 168 valence electrons. The van der Waals surface area contributed by atoms with E-state index in [1.54, 1.807) is 45.1 Å². The van der Waals surface area contributed by atoms with Gasteiger partial charge in [-0.05, 0) is 55.9 Å². The fourth-order valence-corrected chi connectivity index (χ4v) is 4.62. The lowest BCUT2D eigenvalue weighted by molar-refractivity contribution is 0.324. The van der Waals surface area contributed by atoms with Crippen LogP contribution in [0.15, 0.2) is 52.1 Å². The zero-order chi connectivity index (χ0) is 22.5. The molecule has 0 aliphatic heterocycles. The van der Waals surface area contributed by atoms with Crippen LogP contribution < -0.4 is 19.0 Å². The van der Waals surface area contributed by atoms with Crippen LogP contribution in [-0.4, -0.2) is 36.7 Å². The van der Waals surface area contributed by atoms with Gasteiger partial charge >= 0.3 is 0 Å². The van der Waals surface area contributed by atoms with Gasteiger partial charge in [0.1, 0.15) is 0 Å². The first-order valence-electron chi connectivity index (χ1n) is 10.6. The summed E-state index contributed by atoms with van der Waals surface area (Å²) in [5.74, 6) is 2.51. The standard InChI is InChI=1S/C24H28N4O3S/c1-16-7-9-18(10-8-16)27-28-20(15-32-24(28)26-19-6-5-11-25-14-19)17-12-21(29-2)23(31-4)22(13-17)30-3/h5-6,11-16H,7-10H2,1-4H3. The lowest BCUT2D eigenvalue weighted by atomic mass is 9.90. The van der Waals surface area contributed by atoms with Crippen molar-refractivity contribution < 1.29 is 14.2 Å². The predicted molar refractivity (Wildman–Crippen MR) is 127 cm³/mol. The molecule has 2 aromatic heterocycles. The van der Waals surface area contributed by atoms with Crippen LogP contribution >= 0.6 is 11.3 Å². The van der Waals surface area contributed by atoms with E-state index in [9.17, 15) is 0 Å². The molecule has 1 saturated carbocycles. The Balaban J connectivity index is 1.88. The number of aromatic nitrogens is 2. The van der Waals surface area contributed by atoms with E-state index in [4.69, 9.17) is 24.3 Å². The molecule has 0 N–H and O–H groups in total. The fraction of sp³-hybridized carbons (Fsp3) is 0.375. The molecule has 1 aliphatic carbocycles. The molecule has 3 aromatic rings. The van der Waals surface area contributed by atoms with Crippen LogP contribution in [0, 0.1) is 5.92 Å². The summed E-state index contributed by atoms with van der Waals surface area (Å²) < 4.78 is 18.6. The molecule has 1 fully saturated rings. The Labute approximate surface area is 192 Å². The van der Waals surface area contributed by atoms with E-state index < -0.39 is 0 Å². The van der Waals surface area contributed by atoms with E-state index >= 15 is 0 Å². The van der Waals surface area contributed by atoms with E-state index in [2.05, 4.69) is 17.3 Å². The zero-order valence-electron chi connectivity index (χ0n) is 18.9. The molecule has 32 heavy (non-hydrogen) atoms. The first-order chi connectivity index (χ1) is 15.6. The van der Waals surface area contributed by atoms with Crippen molar-refractivity contribution in [2.45, 2.75) is 32.6 Å². The van der Waals surface area contributed by atoms with Gasteiger partial charge in [0.2, 0.25) is 10.6 Å². The Morgan fingerprint density at radius 1 is 1.06 bits per heavy atom. The molecule has 0 unspecified atom stereocenters. The van der Waals surface area contributed by atoms with E-state index in [1.807, 2.05) is 28.9 Å². The molecule has 0 amide bonds. The molecular weight excluding hydrogens is 424 g/mol. The van der Waals surface area contributed by atoms with Gasteiger partial charge in [0.05, 0.1) is 38.9 Å². The maximum absolute atomic E-state index is 5.57. The molecule has 2 heterocycles. The van der Waals surface area contributed by atoms with Gasteiger partial charge in [-0.3, -0.25) is 4.98 Å². The first-order valence-corrected chi connectivity index (χ1v) is 11.5. The van der Waals surface area contributed by atoms with Gasteiger partial charge in [-0.2, -0.15) is 5.10 Å². The van der Waals surface area contributed by atoms with Crippen molar-refractivity contribution in [3.05, 3.63) is 46.8 Å². The number of hydrogen-bond donors (Lipinski definition) is 0. The Morgan fingerprint density at radius 3 is 2.38 bits per heavy atom. The van der Waals surface area contributed by atoms with Crippen LogP contribution in [0.3, 0.4) is 0 Å². The van der Waals surface area contributed by atoms with Gasteiger partial charge < -0.3 is 14.2 Å². The SMILES string of the molecule is COc1cc(-c2csc(=Nc3cccnc3)n2N=C2CCC(C)CC2)cc(OC)c1OC. The number of thiazole rings is 1. The minimum Gasteiger partial charge on any atom is -0.493 e. The highest BCUT2D eigenvalue weighted by Crippen LogP contribution is 2.41. The van der Waals surface area contributed by atoms with Crippen LogP contribution in [0.2, 0.25) is 0 Å². The van der Waals surface area contributed by atoms with Crippen molar-refractivity contribution in [2.24, 2.45) is 16.0 Å². The average molecular weight is 453 g/mol. The molecule has 0 saturated heterocycles. The molecule has 0 spiro atoms. The van der Waals surface area contributed by atoms with Gasteiger partial charge in [-0.1, -0.05) is 6.92 Å². The Hall–Kier alpha value is -3.13. The van der Waals surface area contributed by atoms with Gasteiger partial charge in [-0.25, -0.2) is 9.67 Å². The third kappa shape index (κ3) is 4.70. The largest absolute Gasteiger partial charge is 0.493 e. The summed E-state index contributed by atoms with van der Waals surface area (Å²) in [6.07, 6.45) is 7.83. The zero-order valence-corrected chi connectivity index (χ0v) is 19.7. The van der Waals surface area contributed by atoms with E-state index in [0.29, 0.717) is 17.2 Å². The van der Waals surface area contributed by atoms with E-state index in [-0.39, 0.29) is 0 Å². The highest BCUT2D eigenvalue weighted by Gasteiger charge is 2.19. The Morgan fingerprint density at radius 2 is 1.78 bits per heavy atom. The lowest BCUT2D eigenvalue weighted by Crippen LogP contribution is -2.18. The number of pyridine rings is 1. The molecule has 4 rings (SSSR count). The summed E-state index contributed by atoms with van der Waals surface area (Å²) in [6, 6.07) is 7.70. The third-order valence-electron chi connectivity index (χ3n) is 5.61. The van der Waals surface area contributed by atoms with Crippen molar-refractivity contribution >= 4 is 22.7 Å². The number of ether oxygens (including phenoxy) is 3. The number of hydrogen-bond acceptors (Lipinski definition) is 7. The highest BCUT2D eigenvalue weighted by molar-refractivity contribution is 7.07. The molecule has 7 nitrogen and oxygen atoms in total. The average Bonchev–Trinajstić information content (AvgIpc) is 3.22. The fourth-order valence-electron chi connectivity index (χ4n) is 3.77. The smallest absolute Gasteiger partial charge is 0.211 e. The van der Waals surface area contributed by atoms with Gasteiger partial charge in [-0.15, -0.1) is 11.3 Å². The summed E-state index contributed by atoms with van der Waals surface area (Å²) in [6.45, 7) is 2.30. The van der Waals surface area contributed by atoms with Crippen molar-refractivity contribution in [1.29, 1.82) is 0 Å². The molecular formula is C24H28N4O3S. The first kappa shape index (κ1) is 22.1. The number of benzene rings is 1. The monoisotopic (exact) mass is 452 g/mol. The second-order valence-corrected chi connectivity index (χ2v) is 8.64. The summed E-state index contributed by atoms with van der Waals surface area (Å²) in [7, 11) is 4.84. The van der Waals surface area contributed by atoms with Crippen LogP contribution in [-0.2, 0) is 0 Å². The van der Waals surface area contributed by atoms with Gasteiger partial charge in [0.25, 0.3) is 0 Å². The summed E-state index contributed by atoms with van der Waals surface area (Å²) in [5.41, 5.74) is 3.82. The van der Waals surface area contributed by atoms with E-state index in [1.165, 1.54) is 5.71 Å². The number of methoxy groups -OCH3 is 3. The maximum atomic E-state index is 5.57. The van der Waals surface area contributed by atoms with Crippen LogP contribution in [0.1, 0.15) is 32.6 Å². The molecule has 1 aliphatic rings. The second kappa shape index (κ2) is 9.99.